The molecule has 0 bridgehead atoms. The summed E-state index contributed by atoms with van der Waals surface area (Å²) in [6.07, 6.45) is 3.35. The van der Waals surface area contributed by atoms with Gasteiger partial charge in [-0.1, -0.05) is 35.5 Å². The molecule has 132 valence electrons. The molecule has 5 nitrogen and oxygen atoms in total. The van der Waals surface area contributed by atoms with E-state index < -0.39 is 0 Å². The number of carbonyl (C=O) groups excluding carboxylic acids is 1. The average molecular weight is 385 g/mol. The lowest BCUT2D eigenvalue weighted by Gasteiger charge is -2.11. The summed E-state index contributed by atoms with van der Waals surface area (Å²) in [4.78, 5) is 12.8. The summed E-state index contributed by atoms with van der Waals surface area (Å²) >= 11 is 7.29. The van der Waals surface area contributed by atoms with Crippen molar-refractivity contribution in [2.75, 3.05) is 0 Å². The summed E-state index contributed by atoms with van der Waals surface area (Å²) < 4.78 is 1.62. The van der Waals surface area contributed by atoms with E-state index in [1.807, 2.05) is 31.2 Å². The van der Waals surface area contributed by atoms with Crippen LogP contribution in [0.25, 0.3) is 5.69 Å². The highest BCUT2D eigenvalue weighted by molar-refractivity contribution is 8.00. The third-order valence-electron chi connectivity index (χ3n) is 4.55. The van der Waals surface area contributed by atoms with Crippen LogP contribution in [-0.2, 0) is 12.8 Å². The lowest BCUT2D eigenvalue weighted by molar-refractivity contribution is 0.0993. The quantitative estimate of drug-likeness (QED) is 0.488. The van der Waals surface area contributed by atoms with Gasteiger partial charge in [0.1, 0.15) is 0 Å². The molecule has 3 aromatic rings. The third-order valence-corrected chi connectivity index (χ3v) is 5.83. The van der Waals surface area contributed by atoms with Gasteiger partial charge in [-0.3, -0.25) is 4.79 Å². The molecule has 0 amide bonds. The molecule has 0 saturated heterocycles. The summed E-state index contributed by atoms with van der Waals surface area (Å²) in [5.41, 5.74) is 4.24. The second-order valence-electron chi connectivity index (χ2n) is 6.31. The van der Waals surface area contributed by atoms with Crippen LogP contribution in [0.3, 0.4) is 0 Å². The number of fused-ring (bicyclic) bond motifs is 1. The lowest BCUT2D eigenvalue weighted by Crippen LogP contribution is -2.15. The first kappa shape index (κ1) is 17.2. The minimum absolute atomic E-state index is 0.0929. The molecule has 0 spiro atoms. The van der Waals surface area contributed by atoms with Crippen molar-refractivity contribution in [2.45, 2.75) is 36.6 Å². The van der Waals surface area contributed by atoms with E-state index in [0.717, 1.165) is 24.1 Å². The molecule has 1 heterocycles. The van der Waals surface area contributed by atoms with Gasteiger partial charge in [0.05, 0.1) is 10.9 Å². The van der Waals surface area contributed by atoms with E-state index in [1.54, 1.807) is 16.8 Å². The van der Waals surface area contributed by atoms with Crippen molar-refractivity contribution in [3.63, 3.8) is 0 Å². The van der Waals surface area contributed by atoms with Gasteiger partial charge in [-0.05, 0) is 78.1 Å². The molecular formula is C19H17ClN4OS. The first-order chi connectivity index (χ1) is 12.6. The van der Waals surface area contributed by atoms with Crippen LogP contribution in [0.1, 0.15) is 34.8 Å². The molecule has 2 aromatic carbocycles. The summed E-state index contributed by atoms with van der Waals surface area (Å²) in [7, 11) is 0. The van der Waals surface area contributed by atoms with Gasteiger partial charge in [-0.2, -0.15) is 4.68 Å². The van der Waals surface area contributed by atoms with E-state index >= 15 is 0 Å². The number of hydrogen-bond acceptors (Lipinski definition) is 5. The highest BCUT2D eigenvalue weighted by Crippen LogP contribution is 2.28. The normalized spacial score (nSPS) is 14.2. The zero-order chi connectivity index (χ0) is 18.1. The number of aromatic nitrogens is 4. The summed E-state index contributed by atoms with van der Waals surface area (Å²) in [5, 5.41) is 12.8. The van der Waals surface area contributed by atoms with E-state index in [0.29, 0.717) is 10.2 Å². The number of tetrazole rings is 1. The van der Waals surface area contributed by atoms with Crippen molar-refractivity contribution < 1.29 is 4.79 Å². The minimum Gasteiger partial charge on any atom is -0.293 e. The van der Waals surface area contributed by atoms with Crippen molar-refractivity contribution in [1.82, 2.24) is 20.2 Å². The van der Waals surface area contributed by atoms with E-state index in [9.17, 15) is 4.79 Å². The third kappa shape index (κ3) is 3.39. The van der Waals surface area contributed by atoms with Crippen LogP contribution in [0, 0.1) is 0 Å². The summed E-state index contributed by atoms with van der Waals surface area (Å²) in [6.45, 7) is 1.89. The molecule has 0 fully saturated rings. The molecule has 1 aliphatic carbocycles. The second kappa shape index (κ2) is 7.21. The van der Waals surface area contributed by atoms with Gasteiger partial charge in [0.25, 0.3) is 0 Å². The SMILES string of the molecule is C[C@@H](Sc1nnnn1-c1ccc(Cl)cc1)C(=O)c1ccc2c(c1)CCC2. The Labute approximate surface area is 160 Å². The standard InChI is InChI=1S/C19H17ClN4OS/c1-12(18(25)15-6-5-13-3-2-4-14(13)11-15)26-19-21-22-23-24(19)17-9-7-16(20)8-10-17/h5-12H,2-4H2,1H3/t12-/m1/s1. The topological polar surface area (TPSA) is 60.7 Å². The average Bonchev–Trinajstić information content (AvgIpc) is 3.30. The Kier molecular flexibility index (Phi) is 4.78. The smallest absolute Gasteiger partial charge is 0.214 e. The van der Waals surface area contributed by atoms with Crippen molar-refractivity contribution in [2.24, 2.45) is 0 Å². The van der Waals surface area contributed by atoms with E-state index in [2.05, 4.69) is 21.6 Å². The number of carbonyl (C=O) groups is 1. The van der Waals surface area contributed by atoms with Gasteiger partial charge < -0.3 is 0 Å². The monoisotopic (exact) mass is 384 g/mol. The first-order valence-electron chi connectivity index (χ1n) is 8.49. The predicted octanol–water partition coefficient (Wildman–Crippen LogP) is 4.17. The molecule has 0 saturated carbocycles. The highest BCUT2D eigenvalue weighted by Gasteiger charge is 2.22. The molecule has 1 atom stereocenters. The number of Topliss-reactive ketones (excluding diaryl/α,β-unsaturated/α-hetero) is 1. The van der Waals surface area contributed by atoms with Gasteiger partial charge >= 0.3 is 0 Å². The van der Waals surface area contributed by atoms with Crippen LogP contribution in [0.2, 0.25) is 5.02 Å². The Morgan fingerprint density at radius 1 is 1.15 bits per heavy atom. The molecule has 0 aliphatic heterocycles. The Bertz CT molecular complexity index is 954. The number of thioether (sulfide) groups is 1. The van der Waals surface area contributed by atoms with Gasteiger partial charge in [0.2, 0.25) is 5.16 Å². The number of hydrogen-bond donors (Lipinski definition) is 0. The number of rotatable bonds is 5. The van der Waals surface area contributed by atoms with Gasteiger partial charge in [-0.15, -0.1) is 5.10 Å². The fraction of sp³-hybridized carbons (Fsp3) is 0.263. The number of ketones is 1. The maximum absolute atomic E-state index is 12.8. The molecular weight excluding hydrogens is 368 g/mol. The van der Waals surface area contributed by atoms with Crippen molar-refractivity contribution in [1.29, 1.82) is 0 Å². The second-order valence-corrected chi connectivity index (χ2v) is 8.06. The predicted molar refractivity (Wildman–Crippen MR) is 102 cm³/mol. The van der Waals surface area contributed by atoms with Gasteiger partial charge in [-0.25, -0.2) is 0 Å². The maximum Gasteiger partial charge on any atom is 0.214 e. The molecule has 1 aromatic heterocycles. The number of aryl methyl sites for hydroxylation is 2. The lowest BCUT2D eigenvalue weighted by atomic mass is 10.0. The van der Waals surface area contributed by atoms with Crippen LogP contribution >= 0.6 is 23.4 Å². The Balaban J connectivity index is 1.53. The molecule has 0 unspecified atom stereocenters. The van der Waals surface area contributed by atoms with Crippen LogP contribution in [0.5, 0.6) is 0 Å². The fourth-order valence-corrected chi connectivity index (χ4v) is 4.18. The summed E-state index contributed by atoms with van der Waals surface area (Å²) in [6, 6.07) is 13.3. The van der Waals surface area contributed by atoms with Crippen molar-refractivity contribution in [3.8, 4) is 5.69 Å². The van der Waals surface area contributed by atoms with Gasteiger partial charge in [0.15, 0.2) is 5.78 Å². The molecule has 26 heavy (non-hydrogen) atoms. The molecule has 0 radical (unpaired) electrons. The van der Waals surface area contributed by atoms with E-state index in [4.69, 9.17) is 11.6 Å². The molecule has 4 rings (SSSR count). The van der Waals surface area contributed by atoms with E-state index in [-0.39, 0.29) is 11.0 Å². The first-order valence-corrected chi connectivity index (χ1v) is 9.74. The number of benzene rings is 2. The van der Waals surface area contributed by atoms with Crippen molar-refractivity contribution >= 4 is 29.1 Å². The Morgan fingerprint density at radius 2 is 1.92 bits per heavy atom. The highest BCUT2D eigenvalue weighted by atomic mass is 35.5. The van der Waals surface area contributed by atoms with Crippen LogP contribution in [-0.4, -0.2) is 31.2 Å². The molecule has 0 N–H and O–H groups in total. The van der Waals surface area contributed by atoms with Crippen molar-refractivity contribution in [3.05, 3.63) is 64.2 Å². The molecule has 7 heteroatoms. The summed E-state index contributed by atoms with van der Waals surface area (Å²) in [5.74, 6) is 0.0929. The maximum atomic E-state index is 12.8. The zero-order valence-corrected chi connectivity index (χ0v) is 15.8. The van der Waals surface area contributed by atoms with E-state index in [1.165, 1.54) is 29.3 Å². The number of nitrogens with zero attached hydrogens (tertiary/aromatic N) is 4. The van der Waals surface area contributed by atoms with Crippen LogP contribution in [0.15, 0.2) is 47.6 Å². The molecule has 1 aliphatic rings. The fourth-order valence-electron chi connectivity index (χ4n) is 3.17. The Morgan fingerprint density at radius 3 is 2.73 bits per heavy atom. The Hall–Kier alpha value is -2.18. The van der Waals surface area contributed by atoms with Crippen LogP contribution in [0.4, 0.5) is 0 Å². The minimum atomic E-state index is -0.286. The van der Waals surface area contributed by atoms with Crippen LogP contribution < -0.4 is 0 Å². The van der Waals surface area contributed by atoms with Gasteiger partial charge in [0, 0.05) is 10.6 Å². The zero-order valence-electron chi connectivity index (χ0n) is 14.2. The largest absolute Gasteiger partial charge is 0.293 e. The number of halogens is 1.